The molecule has 1 N–H and O–H groups in total. The van der Waals surface area contributed by atoms with E-state index >= 15 is 0 Å². The van der Waals surface area contributed by atoms with Crippen LogP contribution in [0.2, 0.25) is 5.02 Å². The lowest BCUT2D eigenvalue weighted by Gasteiger charge is -2.41. The molecule has 2 fully saturated rings. The van der Waals surface area contributed by atoms with Crippen molar-refractivity contribution in [2.24, 2.45) is 4.99 Å². The van der Waals surface area contributed by atoms with E-state index in [9.17, 15) is 23.9 Å². The van der Waals surface area contributed by atoms with Crippen molar-refractivity contribution in [2.45, 2.75) is 65.2 Å². The molecule has 1 aromatic carbocycles. The fraction of sp³-hybridized carbons (Fsp3) is 0.500. The number of fused-ring (bicyclic) bond motifs is 1. The molecule has 0 radical (unpaired) electrons. The van der Waals surface area contributed by atoms with Crippen LogP contribution in [0.15, 0.2) is 45.9 Å². The summed E-state index contributed by atoms with van der Waals surface area (Å²) in [5, 5.41) is 12.6. The van der Waals surface area contributed by atoms with Crippen molar-refractivity contribution in [1.82, 2.24) is 19.7 Å². The van der Waals surface area contributed by atoms with Crippen LogP contribution < -0.4 is 0 Å². The average molecular weight is 634 g/mol. The Morgan fingerprint density at radius 1 is 1.28 bits per heavy atom. The zero-order valence-corrected chi connectivity index (χ0v) is 26.7. The minimum Gasteiger partial charge on any atom is -0.480 e. The quantitative estimate of drug-likeness (QED) is 0.234. The maximum absolute atomic E-state index is 14.7. The van der Waals surface area contributed by atoms with Gasteiger partial charge in [-0.1, -0.05) is 23.7 Å². The summed E-state index contributed by atoms with van der Waals surface area (Å²) in [6, 6.07) is 1.49. The van der Waals surface area contributed by atoms with Gasteiger partial charge in [0.25, 0.3) is 0 Å². The highest BCUT2D eigenvalue weighted by Crippen LogP contribution is 2.37. The van der Waals surface area contributed by atoms with E-state index in [4.69, 9.17) is 21.3 Å². The molecule has 43 heavy (non-hydrogen) atoms. The summed E-state index contributed by atoms with van der Waals surface area (Å²) in [5.74, 6) is -2.39. The smallest absolute Gasteiger partial charge is 0.336 e. The highest BCUT2D eigenvalue weighted by atomic mass is 35.5. The molecule has 3 heterocycles. The fourth-order valence-electron chi connectivity index (χ4n) is 5.66. The van der Waals surface area contributed by atoms with Gasteiger partial charge in [0, 0.05) is 48.9 Å². The monoisotopic (exact) mass is 633 g/mol. The number of carbonyl (C=O) groups excluding carboxylic acids is 2. The highest BCUT2D eigenvalue weighted by molar-refractivity contribution is 7.11. The SMILES string of the molecule is CCOC(=O)/C(=C(/C)CN1CCN2C(=O)N(C(C)(C)C)C[C@H]2[C@@H]1C(=O)O)[C@@H](N=C(C)c1nccs1)c1cccc(F)c1Cl. The van der Waals surface area contributed by atoms with Crippen LogP contribution in [-0.2, 0) is 14.3 Å². The Morgan fingerprint density at radius 2 is 2.00 bits per heavy atom. The minimum atomic E-state index is -1.06. The van der Waals surface area contributed by atoms with Crippen LogP contribution in [0.4, 0.5) is 9.18 Å². The van der Waals surface area contributed by atoms with Crippen LogP contribution in [0.3, 0.4) is 0 Å². The summed E-state index contributed by atoms with van der Waals surface area (Å²) < 4.78 is 20.2. The zero-order chi connectivity index (χ0) is 31.6. The molecule has 13 heteroatoms. The molecule has 3 atom stereocenters. The first kappa shape index (κ1) is 32.6. The number of aliphatic imine (C=N–C) groups is 1. The second-order valence-corrected chi connectivity index (χ2v) is 12.9. The highest BCUT2D eigenvalue weighted by Gasteiger charge is 2.51. The van der Waals surface area contributed by atoms with Crippen molar-refractivity contribution in [1.29, 1.82) is 0 Å². The number of ether oxygens (including phenoxy) is 1. The van der Waals surface area contributed by atoms with Gasteiger partial charge in [0.1, 0.15) is 22.9 Å². The fourth-order valence-corrected chi connectivity index (χ4v) is 6.49. The van der Waals surface area contributed by atoms with Crippen LogP contribution in [-0.4, -0.2) is 98.9 Å². The third kappa shape index (κ3) is 6.76. The third-order valence-corrected chi connectivity index (χ3v) is 8.99. The number of carboxylic acid groups (broad SMARTS) is 1. The standard InChI is InChI=1S/C30H37ClFN5O5S/c1-7-42-28(40)22(24(19-9-8-10-20(32)23(19)31)34-18(3)26-33-11-14-43-26)17(2)15-35-12-13-36-21(25(35)27(38)39)16-37(29(36)41)30(4,5)6/h8-11,14,21,24-25H,7,12-13,15-16H2,1-6H3,(H,38,39)/b22-17-,34-18?/t21-,24-,25+/m0/s1. The summed E-state index contributed by atoms with van der Waals surface area (Å²) >= 11 is 7.81. The van der Waals surface area contributed by atoms with Crippen molar-refractivity contribution < 1.29 is 28.6 Å². The zero-order valence-electron chi connectivity index (χ0n) is 25.1. The molecule has 0 unspecified atom stereocenters. The molecule has 4 rings (SSSR count). The lowest BCUT2D eigenvalue weighted by Crippen LogP contribution is -2.62. The number of esters is 1. The summed E-state index contributed by atoms with van der Waals surface area (Å²) in [5.41, 5.74) is 0.937. The molecule has 2 aliphatic heterocycles. The maximum Gasteiger partial charge on any atom is 0.336 e. The lowest BCUT2D eigenvalue weighted by molar-refractivity contribution is -0.147. The maximum atomic E-state index is 14.7. The second-order valence-electron chi connectivity index (χ2n) is 11.6. The number of halogens is 2. The number of piperazine rings is 1. The van der Waals surface area contributed by atoms with Gasteiger partial charge in [0.05, 0.1) is 29.0 Å². The number of urea groups is 1. The number of thiazole rings is 1. The number of benzene rings is 1. The second kappa shape index (κ2) is 13.1. The summed E-state index contributed by atoms with van der Waals surface area (Å²) in [6.45, 7) is 11.9. The lowest BCUT2D eigenvalue weighted by atomic mass is 9.93. The summed E-state index contributed by atoms with van der Waals surface area (Å²) in [6.07, 6.45) is 1.64. The van der Waals surface area contributed by atoms with Crippen molar-refractivity contribution in [3.63, 3.8) is 0 Å². The van der Waals surface area contributed by atoms with E-state index < -0.39 is 41.4 Å². The van der Waals surface area contributed by atoms with Gasteiger partial charge in [-0.2, -0.15) is 0 Å². The molecule has 10 nitrogen and oxygen atoms in total. The summed E-state index contributed by atoms with van der Waals surface area (Å²) in [4.78, 5) is 53.7. The largest absolute Gasteiger partial charge is 0.480 e. The van der Waals surface area contributed by atoms with E-state index in [0.717, 1.165) is 0 Å². The van der Waals surface area contributed by atoms with E-state index in [1.165, 1.54) is 23.5 Å². The molecule has 0 bridgehead atoms. The van der Waals surface area contributed by atoms with E-state index in [-0.39, 0.29) is 48.4 Å². The predicted molar refractivity (Wildman–Crippen MR) is 163 cm³/mol. The molecule has 0 spiro atoms. The number of aliphatic carboxylic acids is 1. The van der Waals surface area contributed by atoms with Gasteiger partial charge < -0.3 is 19.6 Å². The van der Waals surface area contributed by atoms with Gasteiger partial charge in [-0.05, 0) is 53.2 Å². The molecule has 1 aromatic heterocycles. The van der Waals surface area contributed by atoms with Crippen molar-refractivity contribution in [3.05, 3.63) is 62.3 Å². The Kier molecular flexibility index (Phi) is 9.93. The van der Waals surface area contributed by atoms with Crippen LogP contribution >= 0.6 is 22.9 Å². The molecule has 0 aliphatic carbocycles. The van der Waals surface area contributed by atoms with Crippen molar-refractivity contribution in [2.75, 3.05) is 32.8 Å². The van der Waals surface area contributed by atoms with E-state index in [0.29, 0.717) is 22.8 Å². The Bertz CT molecular complexity index is 1440. The Hall–Kier alpha value is -3.35. The minimum absolute atomic E-state index is 0.0778. The number of aromatic nitrogens is 1. The number of nitrogens with zero attached hydrogens (tertiary/aromatic N) is 5. The normalized spacial score (nSPS) is 21.0. The molecule has 2 aliphatic rings. The Labute approximate surface area is 259 Å². The first-order valence-electron chi connectivity index (χ1n) is 14.1. The van der Waals surface area contributed by atoms with Crippen molar-refractivity contribution in [3.8, 4) is 0 Å². The first-order chi connectivity index (χ1) is 20.3. The molecular weight excluding hydrogens is 597 g/mol. The van der Waals surface area contributed by atoms with E-state index in [1.807, 2.05) is 20.8 Å². The molecule has 0 saturated carbocycles. The number of carbonyl (C=O) groups is 3. The van der Waals surface area contributed by atoms with E-state index in [2.05, 4.69) is 4.98 Å². The number of amides is 2. The number of rotatable bonds is 9. The Balaban J connectivity index is 1.80. The summed E-state index contributed by atoms with van der Waals surface area (Å²) in [7, 11) is 0. The van der Waals surface area contributed by atoms with Crippen LogP contribution in [0.1, 0.15) is 58.2 Å². The van der Waals surface area contributed by atoms with Gasteiger partial charge in [0.2, 0.25) is 0 Å². The molecule has 2 aromatic rings. The molecule has 2 saturated heterocycles. The predicted octanol–water partition coefficient (Wildman–Crippen LogP) is 5.04. The van der Waals surface area contributed by atoms with Crippen LogP contribution in [0.25, 0.3) is 0 Å². The van der Waals surface area contributed by atoms with Gasteiger partial charge in [0.15, 0.2) is 0 Å². The molecular formula is C30H37ClFN5O5S. The first-order valence-corrected chi connectivity index (χ1v) is 15.3. The van der Waals surface area contributed by atoms with Crippen molar-refractivity contribution >= 4 is 46.6 Å². The van der Waals surface area contributed by atoms with Gasteiger partial charge in [-0.15, -0.1) is 11.3 Å². The van der Waals surface area contributed by atoms with Gasteiger partial charge >= 0.3 is 18.0 Å². The number of hydrogen-bond donors (Lipinski definition) is 1. The number of carboxylic acids is 1. The average Bonchev–Trinajstić information content (AvgIpc) is 3.58. The van der Waals surface area contributed by atoms with Gasteiger partial charge in [-0.25, -0.2) is 19.0 Å². The molecule has 2 amide bonds. The third-order valence-electron chi connectivity index (χ3n) is 7.70. The topological polar surface area (TPSA) is 116 Å². The number of hydrogen-bond acceptors (Lipinski definition) is 8. The Morgan fingerprint density at radius 3 is 2.60 bits per heavy atom. The van der Waals surface area contributed by atoms with Crippen LogP contribution in [0, 0.1) is 5.82 Å². The van der Waals surface area contributed by atoms with E-state index in [1.54, 1.807) is 53.1 Å². The van der Waals surface area contributed by atoms with Crippen LogP contribution in [0.5, 0.6) is 0 Å². The van der Waals surface area contributed by atoms with Gasteiger partial charge in [-0.3, -0.25) is 14.7 Å². The molecule has 232 valence electrons.